The number of rotatable bonds is 5. The number of ether oxygens (including phenoxy) is 1. The Labute approximate surface area is 93.2 Å². The molecule has 1 saturated heterocycles. The van der Waals surface area contributed by atoms with Crippen molar-refractivity contribution in [1.82, 2.24) is 10.2 Å². The summed E-state index contributed by atoms with van der Waals surface area (Å²) in [6, 6.07) is 0.828. The molecule has 0 unspecified atom stereocenters. The van der Waals surface area contributed by atoms with E-state index < -0.39 is 0 Å². The zero-order valence-corrected chi connectivity index (χ0v) is 10.1. The van der Waals surface area contributed by atoms with E-state index in [0.717, 1.165) is 38.9 Å². The molecule has 1 heterocycles. The lowest BCUT2D eigenvalue weighted by molar-refractivity contribution is 0.0212. The molecule has 0 bridgehead atoms. The van der Waals surface area contributed by atoms with Gasteiger partial charge in [0.1, 0.15) is 0 Å². The zero-order valence-electron chi connectivity index (χ0n) is 10.1. The molecule has 2 aliphatic rings. The van der Waals surface area contributed by atoms with Gasteiger partial charge in [0, 0.05) is 32.2 Å². The number of nitrogens with zero attached hydrogens (tertiary/aromatic N) is 1. The second kappa shape index (κ2) is 4.81. The van der Waals surface area contributed by atoms with Crippen LogP contribution in [0, 0.1) is 5.41 Å². The Hall–Kier alpha value is -0.120. The van der Waals surface area contributed by atoms with Gasteiger partial charge in [-0.3, -0.25) is 4.90 Å². The van der Waals surface area contributed by atoms with Gasteiger partial charge in [0.05, 0.1) is 13.2 Å². The fourth-order valence-electron chi connectivity index (χ4n) is 2.13. The summed E-state index contributed by atoms with van der Waals surface area (Å²) in [6.45, 7) is 11.1. The highest BCUT2D eigenvalue weighted by Gasteiger charge is 2.27. The Morgan fingerprint density at radius 2 is 1.93 bits per heavy atom. The molecular weight excluding hydrogens is 188 g/mol. The molecule has 3 heteroatoms. The fraction of sp³-hybridized carbons (Fsp3) is 1.00. The van der Waals surface area contributed by atoms with Crippen molar-refractivity contribution in [3.05, 3.63) is 0 Å². The Morgan fingerprint density at radius 3 is 2.53 bits per heavy atom. The molecule has 0 amide bonds. The fourth-order valence-corrected chi connectivity index (χ4v) is 2.13. The minimum absolute atomic E-state index is 0.389. The van der Waals surface area contributed by atoms with Gasteiger partial charge in [0.15, 0.2) is 0 Å². The van der Waals surface area contributed by atoms with E-state index >= 15 is 0 Å². The molecule has 2 rings (SSSR count). The average molecular weight is 212 g/mol. The Bertz CT molecular complexity index is 196. The molecular formula is C12H24N2O. The van der Waals surface area contributed by atoms with Gasteiger partial charge in [-0.05, 0) is 18.3 Å². The van der Waals surface area contributed by atoms with Crippen LogP contribution in [0.15, 0.2) is 0 Å². The third-order valence-electron chi connectivity index (χ3n) is 3.20. The molecule has 0 spiro atoms. The minimum atomic E-state index is 0.389. The van der Waals surface area contributed by atoms with Crippen LogP contribution in [0.25, 0.3) is 0 Å². The number of morpholine rings is 1. The summed E-state index contributed by atoms with van der Waals surface area (Å²) in [6.07, 6.45) is 2.77. The molecule has 0 aromatic carbocycles. The molecule has 0 aromatic heterocycles. The molecule has 2 fully saturated rings. The smallest absolute Gasteiger partial charge is 0.0594 e. The number of hydrogen-bond donors (Lipinski definition) is 1. The van der Waals surface area contributed by atoms with Crippen LogP contribution in [-0.2, 0) is 4.74 Å². The van der Waals surface area contributed by atoms with E-state index in [-0.39, 0.29) is 0 Å². The quantitative estimate of drug-likeness (QED) is 0.738. The molecule has 1 aliphatic heterocycles. The third-order valence-corrected chi connectivity index (χ3v) is 3.20. The van der Waals surface area contributed by atoms with Gasteiger partial charge >= 0.3 is 0 Å². The summed E-state index contributed by atoms with van der Waals surface area (Å²) in [4.78, 5) is 2.53. The van der Waals surface area contributed by atoms with E-state index in [2.05, 4.69) is 24.1 Å². The lowest BCUT2D eigenvalue weighted by Gasteiger charge is -2.35. The monoisotopic (exact) mass is 212 g/mol. The molecule has 0 radical (unpaired) electrons. The Balaban J connectivity index is 1.69. The topological polar surface area (TPSA) is 24.5 Å². The summed E-state index contributed by atoms with van der Waals surface area (Å²) in [5, 5.41) is 3.63. The van der Waals surface area contributed by atoms with Crippen LogP contribution in [0.3, 0.4) is 0 Å². The van der Waals surface area contributed by atoms with Crippen molar-refractivity contribution in [3.63, 3.8) is 0 Å². The maximum atomic E-state index is 5.37. The van der Waals surface area contributed by atoms with Crippen molar-refractivity contribution < 1.29 is 4.74 Å². The molecule has 1 aliphatic carbocycles. The molecule has 0 aromatic rings. The van der Waals surface area contributed by atoms with Crippen molar-refractivity contribution in [2.75, 3.05) is 39.4 Å². The zero-order chi connectivity index (χ0) is 10.7. The van der Waals surface area contributed by atoms with Crippen molar-refractivity contribution in [2.45, 2.75) is 32.7 Å². The first-order valence-electron chi connectivity index (χ1n) is 6.19. The number of hydrogen-bond acceptors (Lipinski definition) is 3. The molecule has 1 N–H and O–H groups in total. The highest BCUT2D eigenvalue weighted by molar-refractivity contribution is 4.85. The predicted octanol–water partition coefficient (Wildman–Crippen LogP) is 1.10. The van der Waals surface area contributed by atoms with Gasteiger partial charge in [0.2, 0.25) is 0 Å². The maximum absolute atomic E-state index is 5.37. The summed E-state index contributed by atoms with van der Waals surface area (Å²) in [5.74, 6) is 0. The highest BCUT2D eigenvalue weighted by Crippen LogP contribution is 2.22. The Morgan fingerprint density at radius 1 is 1.27 bits per heavy atom. The van der Waals surface area contributed by atoms with Crippen molar-refractivity contribution in [3.8, 4) is 0 Å². The van der Waals surface area contributed by atoms with Crippen LogP contribution in [0.4, 0.5) is 0 Å². The van der Waals surface area contributed by atoms with Crippen LogP contribution in [0.1, 0.15) is 26.7 Å². The first kappa shape index (κ1) is 11.4. The maximum Gasteiger partial charge on any atom is 0.0594 e. The van der Waals surface area contributed by atoms with Crippen LogP contribution in [0.2, 0.25) is 0 Å². The van der Waals surface area contributed by atoms with Crippen molar-refractivity contribution in [1.29, 1.82) is 0 Å². The standard InChI is InChI=1S/C12H24N2O/c1-12(2,9-13-11-3-4-11)10-14-5-7-15-8-6-14/h11,13H,3-10H2,1-2H3. The summed E-state index contributed by atoms with van der Waals surface area (Å²) < 4.78 is 5.37. The van der Waals surface area contributed by atoms with E-state index in [1.54, 1.807) is 0 Å². The second-order valence-electron chi connectivity index (χ2n) is 5.71. The van der Waals surface area contributed by atoms with Crippen LogP contribution < -0.4 is 5.32 Å². The number of nitrogens with one attached hydrogen (secondary N) is 1. The largest absolute Gasteiger partial charge is 0.379 e. The molecule has 0 atom stereocenters. The molecule has 3 nitrogen and oxygen atoms in total. The van der Waals surface area contributed by atoms with Crippen LogP contribution >= 0.6 is 0 Å². The van der Waals surface area contributed by atoms with Gasteiger partial charge in [-0.25, -0.2) is 0 Å². The summed E-state index contributed by atoms with van der Waals surface area (Å²) >= 11 is 0. The second-order valence-corrected chi connectivity index (χ2v) is 5.71. The third kappa shape index (κ3) is 4.09. The predicted molar refractivity (Wildman–Crippen MR) is 62.1 cm³/mol. The first-order valence-corrected chi connectivity index (χ1v) is 6.19. The summed E-state index contributed by atoms with van der Waals surface area (Å²) in [7, 11) is 0. The van der Waals surface area contributed by atoms with Gasteiger partial charge in [0.25, 0.3) is 0 Å². The lowest BCUT2D eigenvalue weighted by atomic mass is 9.92. The lowest BCUT2D eigenvalue weighted by Crippen LogP contribution is -2.45. The van der Waals surface area contributed by atoms with Gasteiger partial charge in [-0.1, -0.05) is 13.8 Å². The Kier molecular flexibility index (Phi) is 3.65. The van der Waals surface area contributed by atoms with Gasteiger partial charge < -0.3 is 10.1 Å². The normalized spacial score (nSPS) is 24.4. The van der Waals surface area contributed by atoms with Crippen molar-refractivity contribution in [2.24, 2.45) is 5.41 Å². The van der Waals surface area contributed by atoms with Crippen LogP contribution in [0.5, 0.6) is 0 Å². The molecule has 88 valence electrons. The van der Waals surface area contributed by atoms with Crippen LogP contribution in [-0.4, -0.2) is 50.3 Å². The summed E-state index contributed by atoms with van der Waals surface area (Å²) in [5.41, 5.74) is 0.389. The van der Waals surface area contributed by atoms with Crippen molar-refractivity contribution >= 4 is 0 Å². The average Bonchev–Trinajstić information content (AvgIpc) is 2.99. The van der Waals surface area contributed by atoms with E-state index in [4.69, 9.17) is 4.74 Å². The molecule has 1 saturated carbocycles. The van der Waals surface area contributed by atoms with Gasteiger partial charge in [-0.2, -0.15) is 0 Å². The van der Waals surface area contributed by atoms with E-state index in [1.807, 2.05) is 0 Å². The van der Waals surface area contributed by atoms with Gasteiger partial charge in [-0.15, -0.1) is 0 Å². The van der Waals surface area contributed by atoms with E-state index in [0.29, 0.717) is 5.41 Å². The first-order chi connectivity index (χ1) is 7.16. The molecule has 15 heavy (non-hydrogen) atoms. The van der Waals surface area contributed by atoms with E-state index in [9.17, 15) is 0 Å². The van der Waals surface area contributed by atoms with E-state index in [1.165, 1.54) is 19.4 Å². The highest BCUT2D eigenvalue weighted by atomic mass is 16.5. The minimum Gasteiger partial charge on any atom is -0.379 e. The SMILES string of the molecule is CC(C)(CNC1CC1)CN1CCOCC1.